The van der Waals surface area contributed by atoms with Gasteiger partial charge in [0, 0.05) is 30.1 Å². The predicted molar refractivity (Wildman–Crippen MR) is 89.2 cm³/mol. The maximum Gasteiger partial charge on any atom is 0.271 e. The van der Waals surface area contributed by atoms with E-state index in [1.54, 1.807) is 0 Å². The normalized spacial score (nSPS) is 9.78. The number of carbonyl (C=O) groups is 1. The number of anilines is 1. The summed E-state index contributed by atoms with van der Waals surface area (Å²) < 4.78 is 0. The SMILES string of the molecule is O=C(NNC(=S)Nc1cc([N+](=O)[O-])ccc1Cl)c1ccncc1. The van der Waals surface area contributed by atoms with Crippen molar-refractivity contribution in [3.8, 4) is 0 Å². The molecule has 8 nitrogen and oxygen atoms in total. The highest BCUT2D eigenvalue weighted by atomic mass is 35.5. The second kappa shape index (κ2) is 7.47. The number of carbonyl (C=O) groups excluding carboxylic acids is 1. The van der Waals surface area contributed by atoms with Crippen molar-refractivity contribution in [2.45, 2.75) is 0 Å². The fraction of sp³-hybridized carbons (Fsp3) is 0. The Morgan fingerprint density at radius 2 is 1.91 bits per heavy atom. The van der Waals surface area contributed by atoms with Gasteiger partial charge < -0.3 is 5.32 Å². The maximum atomic E-state index is 11.8. The largest absolute Gasteiger partial charge is 0.330 e. The molecule has 118 valence electrons. The van der Waals surface area contributed by atoms with Crippen LogP contribution in [0.2, 0.25) is 5.02 Å². The molecule has 0 aliphatic carbocycles. The van der Waals surface area contributed by atoms with E-state index in [1.807, 2.05) is 0 Å². The Balaban J connectivity index is 1.96. The van der Waals surface area contributed by atoms with Gasteiger partial charge in [0.25, 0.3) is 11.6 Å². The van der Waals surface area contributed by atoms with Crippen LogP contribution < -0.4 is 16.2 Å². The summed E-state index contributed by atoms with van der Waals surface area (Å²) in [6.45, 7) is 0. The summed E-state index contributed by atoms with van der Waals surface area (Å²) >= 11 is 10.9. The fourth-order valence-corrected chi connectivity index (χ4v) is 1.89. The van der Waals surface area contributed by atoms with E-state index in [-0.39, 0.29) is 21.5 Å². The number of rotatable bonds is 3. The summed E-state index contributed by atoms with van der Waals surface area (Å²) in [5, 5.41) is 13.7. The van der Waals surface area contributed by atoms with E-state index >= 15 is 0 Å². The molecule has 23 heavy (non-hydrogen) atoms. The van der Waals surface area contributed by atoms with Gasteiger partial charge in [-0.3, -0.25) is 30.7 Å². The van der Waals surface area contributed by atoms with Gasteiger partial charge in [0.2, 0.25) is 0 Å². The molecule has 0 spiro atoms. The van der Waals surface area contributed by atoms with Gasteiger partial charge in [0.05, 0.1) is 15.6 Å². The second-order valence-corrected chi connectivity index (χ2v) is 5.01. The van der Waals surface area contributed by atoms with Crippen molar-refractivity contribution < 1.29 is 9.72 Å². The van der Waals surface area contributed by atoms with Crippen LogP contribution >= 0.6 is 23.8 Å². The molecule has 0 saturated carbocycles. The number of halogens is 1. The third kappa shape index (κ3) is 4.59. The fourth-order valence-electron chi connectivity index (χ4n) is 1.57. The lowest BCUT2D eigenvalue weighted by molar-refractivity contribution is -0.384. The molecule has 0 aliphatic rings. The molecule has 0 bridgehead atoms. The van der Waals surface area contributed by atoms with E-state index in [0.717, 1.165) is 0 Å². The predicted octanol–water partition coefficient (Wildman–Crippen LogP) is 2.27. The number of hydrazine groups is 1. The first kappa shape index (κ1) is 16.6. The van der Waals surface area contributed by atoms with Crippen LogP contribution in [0.3, 0.4) is 0 Å². The minimum Gasteiger partial charge on any atom is -0.330 e. The van der Waals surface area contributed by atoms with Crippen LogP contribution in [-0.2, 0) is 0 Å². The van der Waals surface area contributed by atoms with Gasteiger partial charge in [-0.25, -0.2) is 0 Å². The number of amides is 1. The lowest BCUT2D eigenvalue weighted by atomic mass is 10.3. The second-order valence-electron chi connectivity index (χ2n) is 4.19. The highest BCUT2D eigenvalue weighted by molar-refractivity contribution is 7.80. The average molecular weight is 352 g/mol. The summed E-state index contributed by atoms with van der Waals surface area (Å²) in [5.41, 5.74) is 5.36. The summed E-state index contributed by atoms with van der Waals surface area (Å²) in [7, 11) is 0. The molecule has 0 fully saturated rings. The molecule has 0 radical (unpaired) electrons. The number of nitro benzene ring substituents is 1. The molecule has 1 amide bonds. The quantitative estimate of drug-likeness (QED) is 0.442. The van der Waals surface area contributed by atoms with Crippen molar-refractivity contribution in [2.24, 2.45) is 0 Å². The first-order valence-corrected chi connectivity index (χ1v) is 6.97. The number of nitrogens with zero attached hydrogens (tertiary/aromatic N) is 2. The Morgan fingerprint density at radius 1 is 1.22 bits per heavy atom. The number of nitrogens with one attached hydrogen (secondary N) is 3. The number of benzene rings is 1. The Kier molecular flexibility index (Phi) is 5.39. The molecule has 2 aromatic rings. The van der Waals surface area contributed by atoms with Crippen LogP contribution in [0.25, 0.3) is 0 Å². The topological polar surface area (TPSA) is 109 Å². The third-order valence-corrected chi connectivity index (χ3v) is 3.17. The van der Waals surface area contributed by atoms with E-state index in [2.05, 4.69) is 21.2 Å². The van der Waals surface area contributed by atoms with E-state index in [1.165, 1.54) is 42.7 Å². The summed E-state index contributed by atoms with van der Waals surface area (Å²) in [6.07, 6.45) is 2.96. The van der Waals surface area contributed by atoms with Crippen LogP contribution in [-0.4, -0.2) is 20.9 Å². The van der Waals surface area contributed by atoms with Crippen LogP contribution in [0.1, 0.15) is 10.4 Å². The summed E-state index contributed by atoms with van der Waals surface area (Å²) in [4.78, 5) is 25.8. The van der Waals surface area contributed by atoms with Crippen molar-refractivity contribution >= 4 is 46.2 Å². The zero-order chi connectivity index (χ0) is 16.8. The molecule has 1 heterocycles. The van der Waals surface area contributed by atoms with Gasteiger partial charge in [-0.15, -0.1) is 0 Å². The van der Waals surface area contributed by atoms with E-state index in [0.29, 0.717) is 5.56 Å². The Morgan fingerprint density at radius 3 is 2.57 bits per heavy atom. The van der Waals surface area contributed by atoms with E-state index in [9.17, 15) is 14.9 Å². The Hall–Kier alpha value is -2.78. The molecule has 0 saturated heterocycles. The minimum atomic E-state index is -0.552. The van der Waals surface area contributed by atoms with Crippen molar-refractivity contribution in [1.82, 2.24) is 15.8 Å². The van der Waals surface area contributed by atoms with Gasteiger partial charge >= 0.3 is 0 Å². The minimum absolute atomic E-state index is 0.0230. The molecule has 1 aromatic heterocycles. The average Bonchev–Trinajstić information content (AvgIpc) is 2.55. The number of pyridine rings is 1. The molecule has 0 unspecified atom stereocenters. The molecule has 0 aliphatic heterocycles. The van der Waals surface area contributed by atoms with Gasteiger partial charge in [-0.1, -0.05) is 11.6 Å². The highest BCUT2D eigenvalue weighted by Crippen LogP contribution is 2.26. The Labute approximate surface area is 141 Å². The Bertz CT molecular complexity index is 757. The lowest BCUT2D eigenvalue weighted by Gasteiger charge is -2.12. The molecule has 2 rings (SSSR count). The zero-order valence-corrected chi connectivity index (χ0v) is 13.0. The molecule has 0 atom stereocenters. The maximum absolute atomic E-state index is 11.8. The van der Waals surface area contributed by atoms with E-state index in [4.69, 9.17) is 23.8 Å². The van der Waals surface area contributed by atoms with Crippen LogP contribution in [0, 0.1) is 10.1 Å². The standard InChI is InChI=1S/C13H10ClN5O3S/c14-10-2-1-9(19(21)22)7-11(10)16-13(23)18-17-12(20)8-3-5-15-6-4-8/h1-7H,(H,17,20)(H2,16,18,23). The highest BCUT2D eigenvalue weighted by Gasteiger charge is 2.11. The van der Waals surface area contributed by atoms with Crippen molar-refractivity contribution in [2.75, 3.05) is 5.32 Å². The number of hydrogen-bond acceptors (Lipinski definition) is 5. The van der Waals surface area contributed by atoms with Crippen LogP contribution in [0.15, 0.2) is 42.7 Å². The monoisotopic (exact) mass is 351 g/mol. The number of nitro groups is 1. The van der Waals surface area contributed by atoms with Crippen molar-refractivity contribution in [1.29, 1.82) is 0 Å². The number of non-ortho nitro benzene ring substituents is 1. The molecule has 10 heteroatoms. The zero-order valence-electron chi connectivity index (χ0n) is 11.4. The van der Waals surface area contributed by atoms with Crippen molar-refractivity contribution in [3.63, 3.8) is 0 Å². The number of thiocarbonyl (C=S) groups is 1. The van der Waals surface area contributed by atoms with Crippen LogP contribution in [0.5, 0.6) is 0 Å². The smallest absolute Gasteiger partial charge is 0.271 e. The number of hydrogen-bond donors (Lipinski definition) is 3. The van der Waals surface area contributed by atoms with Crippen LogP contribution in [0.4, 0.5) is 11.4 Å². The number of aromatic nitrogens is 1. The summed E-state index contributed by atoms with van der Waals surface area (Å²) in [5.74, 6) is -0.415. The van der Waals surface area contributed by atoms with Gasteiger partial charge in [0.1, 0.15) is 0 Å². The molecular formula is C13H10ClN5O3S. The summed E-state index contributed by atoms with van der Waals surface area (Å²) in [6, 6.07) is 6.95. The molecule has 1 aromatic carbocycles. The third-order valence-electron chi connectivity index (χ3n) is 2.64. The van der Waals surface area contributed by atoms with E-state index < -0.39 is 10.8 Å². The lowest BCUT2D eigenvalue weighted by Crippen LogP contribution is -2.43. The molecular weight excluding hydrogens is 342 g/mol. The first-order chi connectivity index (χ1) is 11.0. The van der Waals surface area contributed by atoms with Gasteiger partial charge in [-0.2, -0.15) is 0 Å². The molecule has 3 N–H and O–H groups in total. The van der Waals surface area contributed by atoms with Gasteiger partial charge in [0.15, 0.2) is 5.11 Å². The first-order valence-electron chi connectivity index (χ1n) is 6.18. The van der Waals surface area contributed by atoms with Crippen molar-refractivity contribution in [3.05, 3.63) is 63.4 Å². The van der Waals surface area contributed by atoms with Gasteiger partial charge in [-0.05, 0) is 30.4 Å².